The SMILES string of the molecule is CNC(=O)c1ccc(N2CCC(Nc3ccccc3F)CC2)c([N+](=O)[O-])c1. The van der Waals surface area contributed by atoms with Gasteiger partial charge in [0, 0.05) is 37.8 Å². The number of piperidine rings is 1. The van der Waals surface area contributed by atoms with Crippen LogP contribution in [0, 0.1) is 15.9 Å². The molecule has 0 atom stereocenters. The lowest BCUT2D eigenvalue weighted by atomic mass is 10.0. The molecule has 8 heteroatoms. The molecule has 2 N–H and O–H groups in total. The summed E-state index contributed by atoms with van der Waals surface area (Å²) in [4.78, 5) is 24.7. The van der Waals surface area contributed by atoms with Crippen molar-refractivity contribution in [2.24, 2.45) is 0 Å². The average molecular weight is 372 g/mol. The summed E-state index contributed by atoms with van der Waals surface area (Å²) < 4.78 is 13.8. The molecule has 2 aromatic carbocycles. The van der Waals surface area contributed by atoms with E-state index in [0.717, 1.165) is 12.8 Å². The van der Waals surface area contributed by atoms with E-state index in [2.05, 4.69) is 10.6 Å². The fourth-order valence-electron chi connectivity index (χ4n) is 3.29. The number of benzene rings is 2. The molecule has 1 amide bonds. The Hall–Kier alpha value is -3.16. The number of anilines is 2. The summed E-state index contributed by atoms with van der Waals surface area (Å²) in [6.45, 7) is 1.21. The number of carbonyl (C=O) groups is 1. The number of nitro benzene ring substituents is 1. The molecule has 0 aromatic heterocycles. The zero-order valence-corrected chi connectivity index (χ0v) is 14.9. The Labute approximate surface area is 156 Å². The molecule has 0 bridgehead atoms. The first-order valence-electron chi connectivity index (χ1n) is 8.76. The second-order valence-corrected chi connectivity index (χ2v) is 6.43. The Kier molecular flexibility index (Phi) is 5.54. The first-order chi connectivity index (χ1) is 13.0. The van der Waals surface area contributed by atoms with Gasteiger partial charge in [-0.1, -0.05) is 12.1 Å². The highest BCUT2D eigenvalue weighted by atomic mass is 19.1. The van der Waals surface area contributed by atoms with Gasteiger partial charge in [-0.3, -0.25) is 14.9 Å². The quantitative estimate of drug-likeness (QED) is 0.622. The number of hydrogen-bond acceptors (Lipinski definition) is 5. The van der Waals surface area contributed by atoms with E-state index >= 15 is 0 Å². The molecule has 0 spiro atoms. The van der Waals surface area contributed by atoms with Gasteiger partial charge in [0.05, 0.1) is 10.6 Å². The second kappa shape index (κ2) is 8.03. The van der Waals surface area contributed by atoms with Crippen molar-refractivity contribution in [1.82, 2.24) is 5.32 Å². The van der Waals surface area contributed by atoms with Crippen molar-refractivity contribution in [3.63, 3.8) is 0 Å². The number of nitrogens with zero attached hydrogens (tertiary/aromatic N) is 2. The Bertz CT molecular complexity index is 851. The lowest BCUT2D eigenvalue weighted by molar-refractivity contribution is -0.384. The molecule has 1 aliphatic rings. The average Bonchev–Trinajstić information content (AvgIpc) is 2.69. The van der Waals surface area contributed by atoms with Gasteiger partial charge in [-0.15, -0.1) is 0 Å². The van der Waals surface area contributed by atoms with Crippen LogP contribution in [0.4, 0.5) is 21.5 Å². The lowest BCUT2D eigenvalue weighted by Crippen LogP contribution is -2.39. The van der Waals surface area contributed by atoms with E-state index in [0.29, 0.717) is 24.5 Å². The fraction of sp³-hybridized carbons (Fsp3) is 0.316. The summed E-state index contributed by atoms with van der Waals surface area (Å²) in [6, 6.07) is 11.1. The Morgan fingerprint density at radius 1 is 1.22 bits per heavy atom. The predicted molar refractivity (Wildman–Crippen MR) is 102 cm³/mol. The minimum absolute atomic E-state index is 0.0865. The number of nitrogens with one attached hydrogen (secondary N) is 2. The molecule has 27 heavy (non-hydrogen) atoms. The van der Waals surface area contributed by atoms with E-state index in [-0.39, 0.29) is 29.0 Å². The third-order valence-corrected chi connectivity index (χ3v) is 4.73. The van der Waals surface area contributed by atoms with Crippen molar-refractivity contribution < 1.29 is 14.1 Å². The van der Waals surface area contributed by atoms with Crippen molar-refractivity contribution >= 4 is 23.0 Å². The van der Waals surface area contributed by atoms with Crippen LogP contribution in [0.25, 0.3) is 0 Å². The van der Waals surface area contributed by atoms with Crippen molar-refractivity contribution in [2.45, 2.75) is 18.9 Å². The van der Waals surface area contributed by atoms with Gasteiger partial charge in [-0.05, 0) is 37.1 Å². The molecule has 1 saturated heterocycles. The van der Waals surface area contributed by atoms with Gasteiger partial charge in [0.1, 0.15) is 11.5 Å². The van der Waals surface area contributed by atoms with Crippen molar-refractivity contribution in [2.75, 3.05) is 30.4 Å². The molecule has 0 aliphatic carbocycles. The molecule has 1 aliphatic heterocycles. The first-order valence-corrected chi connectivity index (χ1v) is 8.76. The minimum Gasteiger partial charge on any atom is -0.380 e. The molecule has 7 nitrogen and oxygen atoms in total. The van der Waals surface area contributed by atoms with E-state index < -0.39 is 4.92 Å². The maximum Gasteiger partial charge on any atom is 0.293 e. The topological polar surface area (TPSA) is 87.5 Å². The number of rotatable bonds is 5. The molecule has 142 valence electrons. The van der Waals surface area contributed by atoms with E-state index in [9.17, 15) is 19.3 Å². The third kappa shape index (κ3) is 4.16. The Balaban J connectivity index is 1.71. The second-order valence-electron chi connectivity index (χ2n) is 6.43. The Morgan fingerprint density at radius 3 is 2.56 bits per heavy atom. The molecule has 0 saturated carbocycles. The zero-order valence-electron chi connectivity index (χ0n) is 14.9. The van der Waals surface area contributed by atoms with Crippen LogP contribution in [-0.2, 0) is 0 Å². The summed E-state index contributed by atoms with van der Waals surface area (Å²) in [5.41, 5.74) is 1.13. The smallest absolute Gasteiger partial charge is 0.293 e. The number of para-hydroxylation sites is 1. The fourth-order valence-corrected chi connectivity index (χ4v) is 3.29. The summed E-state index contributed by atoms with van der Waals surface area (Å²) in [7, 11) is 1.48. The molecular weight excluding hydrogens is 351 g/mol. The zero-order chi connectivity index (χ0) is 19.4. The lowest BCUT2D eigenvalue weighted by Gasteiger charge is -2.34. The van der Waals surface area contributed by atoms with Gasteiger partial charge in [-0.2, -0.15) is 0 Å². The summed E-state index contributed by atoms with van der Waals surface area (Å²) in [5, 5.41) is 17.1. The molecular formula is C19H21FN4O3. The number of hydrogen-bond donors (Lipinski definition) is 2. The number of carbonyl (C=O) groups excluding carboxylic acids is 1. The van der Waals surface area contributed by atoms with Crippen LogP contribution in [0.5, 0.6) is 0 Å². The summed E-state index contributed by atoms with van der Waals surface area (Å²) in [6.07, 6.45) is 1.45. The predicted octanol–water partition coefficient (Wildman–Crippen LogP) is 3.17. The Morgan fingerprint density at radius 2 is 1.93 bits per heavy atom. The van der Waals surface area contributed by atoms with Crippen LogP contribution in [-0.4, -0.2) is 37.0 Å². The highest BCUT2D eigenvalue weighted by molar-refractivity contribution is 5.95. The molecule has 0 unspecified atom stereocenters. The van der Waals surface area contributed by atoms with Crippen molar-refractivity contribution in [1.29, 1.82) is 0 Å². The molecule has 1 fully saturated rings. The van der Waals surface area contributed by atoms with E-state index in [1.54, 1.807) is 30.3 Å². The summed E-state index contributed by atoms with van der Waals surface area (Å²) >= 11 is 0. The standard InChI is InChI=1S/C19H21FN4O3/c1-21-19(25)13-6-7-17(18(12-13)24(26)27)23-10-8-14(9-11-23)22-16-5-3-2-4-15(16)20/h2-7,12,14,22H,8-11H2,1H3,(H,21,25). The first kappa shape index (κ1) is 18.6. The van der Waals surface area contributed by atoms with Crippen LogP contribution in [0.3, 0.4) is 0 Å². The molecule has 3 rings (SSSR count). The van der Waals surface area contributed by atoms with Crippen LogP contribution in [0.15, 0.2) is 42.5 Å². The summed E-state index contributed by atoms with van der Waals surface area (Å²) in [5.74, 6) is -0.655. The van der Waals surface area contributed by atoms with Gasteiger partial charge in [0.15, 0.2) is 0 Å². The maximum absolute atomic E-state index is 13.8. The minimum atomic E-state index is -0.467. The van der Waals surface area contributed by atoms with Crippen LogP contribution >= 0.6 is 0 Å². The van der Waals surface area contributed by atoms with Gasteiger partial charge < -0.3 is 15.5 Å². The van der Waals surface area contributed by atoms with Gasteiger partial charge >= 0.3 is 0 Å². The maximum atomic E-state index is 13.8. The molecule has 0 radical (unpaired) electrons. The largest absolute Gasteiger partial charge is 0.380 e. The van der Waals surface area contributed by atoms with E-state index in [4.69, 9.17) is 0 Å². The van der Waals surface area contributed by atoms with Gasteiger partial charge in [-0.25, -0.2) is 4.39 Å². The van der Waals surface area contributed by atoms with Crippen LogP contribution in [0.1, 0.15) is 23.2 Å². The van der Waals surface area contributed by atoms with Crippen LogP contribution in [0.2, 0.25) is 0 Å². The number of nitro groups is 1. The van der Waals surface area contributed by atoms with Gasteiger partial charge in [0.25, 0.3) is 11.6 Å². The van der Waals surface area contributed by atoms with E-state index in [1.165, 1.54) is 19.2 Å². The number of amides is 1. The molecule has 2 aromatic rings. The number of halogens is 1. The highest BCUT2D eigenvalue weighted by Gasteiger charge is 2.26. The normalized spacial score (nSPS) is 14.7. The third-order valence-electron chi connectivity index (χ3n) is 4.73. The van der Waals surface area contributed by atoms with Crippen molar-refractivity contribution in [3.8, 4) is 0 Å². The van der Waals surface area contributed by atoms with Crippen molar-refractivity contribution in [3.05, 3.63) is 64.0 Å². The molecule has 1 heterocycles. The monoisotopic (exact) mass is 372 g/mol. The van der Waals surface area contributed by atoms with Gasteiger partial charge in [0.2, 0.25) is 0 Å². The van der Waals surface area contributed by atoms with E-state index in [1.807, 2.05) is 4.90 Å². The van der Waals surface area contributed by atoms with Crippen LogP contribution < -0.4 is 15.5 Å². The highest BCUT2D eigenvalue weighted by Crippen LogP contribution is 2.32.